The molecule has 1 aromatic heterocycles. The molecule has 3 N–H and O–H groups in total. The number of hydrogen-bond acceptors (Lipinski definition) is 3. The predicted octanol–water partition coefficient (Wildman–Crippen LogP) is 0.585. The molecule has 0 saturated carbocycles. The van der Waals surface area contributed by atoms with E-state index in [2.05, 4.69) is 5.32 Å². The van der Waals surface area contributed by atoms with Gasteiger partial charge in [-0.1, -0.05) is 12.1 Å². The summed E-state index contributed by atoms with van der Waals surface area (Å²) in [6.07, 6.45) is 3.48. The van der Waals surface area contributed by atoms with Gasteiger partial charge in [-0.25, -0.2) is 0 Å². The third-order valence-corrected chi connectivity index (χ3v) is 2.87. The Morgan fingerprint density at radius 3 is 2.35 bits per heavy atom. The molecule has 0 aliphatic heterocycles. The van der Waals surface area contributed by atoms with Gasteiger partial charge in [0.25, 0.3) is 5.91 Å². The van der Waals surface area contributed by atoms with E-state index in [4.69, 9.17) is 5.73 Å². The second-order valence-electron chi connectivity index (χ2n) is 4.45. The third-order valence-electron chi connectivity index (χ3n) is 2.87. The lowest BCUT2D eigenvalue weighted by Gasteiger charge is -2.07. The van der Waals surface area contributed by atoms with Crippen LogP contribution in [0.25, 0.3) is 0 Å². The fourth-order valence-corrected chi connectivity index (χ4v) is 1.81. The fourth-order valence-electron chi connectivity index (χ4n) is 1.81. The summed E-state index contributed by atoms with van der Waals surface area (Å²) >= 11 is 0. The number of nitrogens with two attached hydrogens (primary N) is 1. The van der Waals surface area contributed by atoms with Crippen molar-refractivity contribution in [3.8, 4) is 0 Å². The molecule has 1 aromatic carbocycles. The van der Waals surface area contributed by atoms with E-state index in [1.165, 1.54) is 12.1 Å². The van der Waals surface area contributed by atoms with Crippen molar-refractivity contribution in [2.24, 2.45) is 5.73 Å². The van der Waals surface area contributed by atoms with Gasteiger partial charge >= 0.3 is 0 Å². The van der Waals surface area contributed by atoms with Crippen LogP contribution in [-0.4, -0.2) is 23.6 Å². The van der Waals surface area contributed by atoms with Crippen LogP contribution in [-0.2, 0) is 6.54 Å². The van der Waals surface area contributed by atoms with Gasteiger partial charge in [-0.05, 0) is 17.7 Å². The van der Waals surface area contributed by atoms with Crippen LogP contribution in [0.3, 0.4) is 0 Å². The minimum Gasteiger partial charge on any atom is -0.351 e. The molecule has 0 unspecified atom stereocenters. The van der Waals surface area contributed by atoms with Crippen molar-refractivity contribution in [2.45, 2.75) is 6.54 Å². The Bertz CT molecular complexity index is 612. The van der Waals surface area contributed by atoms with Crippen LogP contribution in [0.4, 0.5) is 0 Å². The molecule has 20 heavy (non-hydrogen) atoms. The van der Waals surface area contributed by atoms with Crippen molar-refractivity contribution in [2.75, 3.05) is 13.1 Å². The third kappa shape index (κ3) is 3.80. The topological polar surface area (TPSA) is 77.1 Å². The molecular formula is C15H17N3O2. The summed E-state index contributed by atoms with van der Waals surface area (Å²) < 4.78 is 1.91. The lowest BCUT2D eigenvalue weighted by atomic mass is 10.1. The minimum atomic E-state index is -0.120. The molecule has 5 nitrogen and oxygen atoms in total. The van der Waals surface area contributed by atoms with Gasteiger partial charge in [-0.3, -0.25) is 9.59 Å². The smallest absolute Gasteiger partial charge is 0.251 e. The van der Waals surface area contributed by atoms with Crippen molar-refractivity contribution in [1.82, 2.24) is 9.88 Å². The zero-order valence-electron chi connectivity index (χ0n) is 11.1. The monoisotopic (exact) mass is 271 g/mol. The molecule has 0 atom stereocenters. The molecule has 0 saturated heterocycles. The van der Waals surface area contributed by atoms with Crippen molar-refractivity contribution in [3.63, 3.8) is 0 Å². The molecule has 104 valence electrons. The molecular weight excluding hydrogens is 254 g/mol. The number of pyridine rings is 1. The van der Waals surface area contributed by atoms with Crippen molar-refractivity contribution in [1.29, 1.82) is 0 Å². The van der Waals surface area contributed by atoms with Gasteiger partial charge in [0.15, 0.2) is 5.43 Å². The number of carbonyl (C=O) groups is 1. The van der Waals surface area contributed by atoms with Gasteiger partial charge in [0.1, 0.15) is 0 Å². The predicted molar refractivity (Wildman–Crippen MR) is 77.6 cm³/mol. The first-order valence-electron chi connectivity index (χ1n) is 6.42. The quantitative estimate of drug-likeness (QED) is 0.835. The van der Waals surface area contributed by atoms with Crippen molar-refractivity contribution < 1.29 is 4.79 Å². The Hall–Kier alpha value is -2.40. The Balaban J connectivity index is 2.02. The highest BCUT2D eigenvalue weighted by atomic mass is 16.1. The maximum absolute atomic E-state index is 11.7. The van der Waals surface area contributed by atoms with E-state index in [1.54, 1.807) is 24.5 Å². The average molecular weight is 271 g/mol. The van der Waals surface area contributed by atoms with E-state index < -0.39 is 0 Å². The average Bonchev–Trinajstić information content (AvgIpc) is 2.48. The van der Waals surface area contributed by atoms with Crippen LogP contribution < -0.4 is 16.5 Å². The largest absolute Gasteiger partial charge is 0.351 e. The molecule has 0 fully saturated rings. The second-order valence-corrected chi connectivity index (χ2v) is 4.45. The minimum absolute atomic E-state index is 0.00632. The number of aromatic nitrogens is 1. The molecule has 0 bridgehead atoms. The summed E-state index contributed by atoms with van der Waals surface area (Å²) in [6, 6.07) is 10.4. The van der Waals surface area contributed by atoms with Gasteiger partial charge in [0, 0.05) is 49.7 Å². The fraction of sp³-hybridized carbons (Fsp3) is 0.200. The van der Waals surface area contributed by atoms with E-state index >= 15 is 0 Å². The van der Waals surface area contributed by atoms with E-state index in [1.807, 2.05) is 16.7 Å². The van der Waals surface area contributed by atoms with E-state index in [-0.39, 0.29) is 11.3 Å². The van der Waals surface area contributed by atoms with Crippen LogP contribution in [0.5, 0.6) is 0 Å². The van der Waals surface area contributed by atoms with E-state index in [0.717, 1.165) is 5.56 Å². The van der Waals surface area contributed by atoms with Crippen LogP contribution in [0.2, 0.25) is 0 Å². The molecule has 1 amide bonds. The Morgan fingerprint density at radius 2 is 1.75 bits per heavy atom. The van der Waals surface area contributed by atoms with E-state index in [0.29, 0.717) is 25.2 Å². The normalized spacial score (nSPS) is 10.2. The van der Waals surface area contributed by atoms with Crippen LogP contribution in [0, 0.1) is 0 Å². The first kappa shape index (κ1) is 14.0. The number of hydrogen-bond donors (Lipinski definition) is 2. The van der Waals surface area contributed by atoms with Crippen molar-refractivity contribution >= 4 is 5.91 Å². The molecule has 0 radical (unpaired) electrons. The van der Waals surface area contributed by atoms with Gasteiger partial charge in [0.2, 0.25) is 0 Å². The van der Waals surface area contributed by atoms with Crippen LogP contribution in [0.1, 0.15) is 15.9 Å². The Labute approximate surface area is 117 Å². The number of amides is 1. The van der Waals surface area contributed by atoms with Gasteiger partial charge in [-0.15, -0.1) is 0 Å². The molecule has 2 aromatic rings. The molecule has 1 heterocycles. The zero-order chi connectivity index (χ0) is 14.4. The maximum atomic E-state index is 11.7. The standard InChI is InChI=1S/C15H17N3O2/c16-7-8-17-15(20)13-3-1-12(2-4-13)11-18-9-5-14(19)6-10-18/h1-6,9-10H,7-8,11,16H2,(H,17,20). The highest BCUT2D eigenvalue weighted by Crippen LogP contribution is 2.06. The molecule has 0 aliphatic rings. The molecule has 2 rings (SSSR count). The first-order chi connectivity index (χ1) is 9.69. The van der Waals surface area contributed by atoms with E-state index in [9.17, 15) is 9.59 Å². The molecule has 5 heteroatoms. The highest BCUT2D eigenvalue weighted by molar-refractivity contribution is 5.94. The zero-order valence-corrected chi connectivity index (χ0v) is 11.1. The summed E-state index contributed by atoms with van der Waals surface area (Å²) in [6.45, 7) is 1.55. The summed E-state index contributed by atoms with van der Waals surface area (Å²) in [5, 5.41) is 2.72. The number of carbonyl (C=O) groups excluding carboxylic acids is 1. The van der Waals surface area contributed by atoms with Crippen LogP contribution in [0.15, 0.2) is 53.6 Å². The summed E-state index contributed by atoms with van der Waals surface area (Å²) in [7, 11) is 0. The molecule has 0 aliphatic carbocycles. The lowest BCUT2D eigenvalue weighted by Crippen LogP contribution is -2.28. The summed E-state index contributed by atoms with van der Waals surface area (Å²) in [5.41, 5.74) is 7.00. The second kappa shape index (κ2) is 6.68. The van der Waals surface area contributed by atoms with Gasteiger partial charge in [-0.2, -0.15) is 0 Å². The van der Waals surface area contributed by atoms with Gasteiger partial charge < -0.3 is 15.6 Å². The SMILES string of the molecule is NCCNC(=O)c1ccc(Cn2ccc(=O)cc2)cc1. The number of rotatable bonds is 5. The van der Waals surface area contributed by atoms with Gasteiger partial charge in [0.05, 0.1) is 0 Å². The highest BCUT2D eigenvalue weighted by Gasteiger charge is 2.04. The lowest BCUT2D eigenvalue weighted by molar-refractivity contribution is 0.0955. The Kier molecular flexibility index (Phi) is 4.68. The number of nitrogens with zero attached hydrogens (tertiary/aromatic N) is 1. The Morgan fingerprint density at radius 1 is 1.10 bits per heavy atom. The summed E-state index contributed by atoms with van der Waals surface area (Å²) in [5.74, 6) is -0.120. The number of benzene rings is 1. The molecule has 0 spiro atoms. The first-order valence-corrected chi connectivity index (χ1v) is 6.42. The number of nitrogens with one attached hydrogen (secondary N) is 1. The van der Waals surface area contributed by atoms with Crippen LogP contribution >= 0.6 is 0 Å². The maximum Gasteiger partial charge on any atom is 0.251 e. The van der Waals surface area contributed by atoms with Crippen molar-refractivity contribution in [3.05, 3.63) is 70.1 Å². The summed E-state index contributed by atoms with van der Waals surface area (Å²) in [4.78, 5) is 22.7.